The Morgan fingerprint density at radius 1 is 0.737 bits per heavy atom. The Morgan fingerprint density at radius 3 is 1.63 bits per heavy atom. The Balaban J connectivity index is 4.44. The Hall–Kier alpha value is 0.0969. The van der Waals surface area contributed by atoms with Crippen LogP contribution in [0, 0.1) is 0 Å². The van der Waals surface area contributed by atoms with Crippen LogP contribution in [0.4, 0.5) is 0 Å². The molecule has 0 unspecified atom stereocenters. The van der Waals surface area contributed by atoms with E-state index in [2.05, 4.69) is 20.8 Å². The summed E-state index contributed by atoms with van der Waals surface area (Å²) in [5.74, 6) is 0. The fourth-order valence-corrected chi connectivity index (χ4v) is 5.66. The van der Waals surface area contributed by atoms with Gasteiger partial charge in [0.1, 0.15) is 0 Å². The second kappa shape index (κ2) is 13.1. The van der Waals surface area contributed by atoms with Crippen LogP contribution >= 0.6 is 0 Å². The Labute approximate surface area is 121 Å². The van der Waals surface area contributed by atoms with Crippen LogP contribution in [0.5, 0.6) is 0 Å². The van der Waals surface area contributed by atoms with Crippen LogP contribution in [-0.2, 0) is 8.85 Å². The Kier molecular flexibility index (Phi) is 13.2. The van der Waals surface area contributed by atoms with Crippen molar-refractivity contribution in [3.63, 3.8) is 0 Å². The number of hydrogen-bond donors (Lipinski definition) is 1. The third-order valence-electron chi connectivity index (χ3n) is 3.40. The second-order valence-corrected chi connectivity index (χ2v) is 8.71. The summed E-state index contributed by atoms with van der Waals surface area (Å²) >= 11 is 0. The van der Waals surface area contributed by atoms with Crippen molar-refractivity contribution in [2.45, 2.75) is 77.8 Å². The molecule has 19 heavy (non-hydrogen) atoms. The summed E-state index contributed by atoms with van der Waals surface area (Å²) in [6.07, 6.45) is 8.12. The zero-order valence-corrected chi connectivity index (χ0v) is 14.4. The van der Waals surface area contributed by atoms with Crippen molar-refractivity contribution in [1.29, 1.82) is 0 Å². The van der Waals surface area contributed by atoms with Gasteiger partial charge in [0.15, 0.2) is 0 Å². The number of nitrogens with two attached hydrogens (primary N) is 1. The minimum atomic E-state index is -1.99. The lowest BCUT2D eigenvalue weighted by atomic mass is 10.4. The number of unbranched alkanes of at least 4 members (excludes halogenated alkanes) is 3. The van der Waals surface area contributed by atoms with Crippen LogP contribution in [0.15, 0.2) is 0 Å². The first-order valence-corrected chi connectivity index (χ1v) is 10.5. The van der Waals surface area contributed by atoms with Gasteiger partial charge < -0.3 is 14.6 Å². The molecule has 0 aliphatic heterocycles. The molecule has 2 N–H and O–H groups in total. The SMILES string of the molecule is CCCCO[Si](CCCC)(CCCN)OCCCC. The van der Waals surface area contributed by atoms with Crippen molar-refractivity contribution in [3.05, 3.63) is 0 Å². The first-order chi connectivity index (χ1) is 9.24. The minimum absolute atomic E-state index is 0.745. The van der Waals surface area contributed by atoms with Gasteiger partial charge in [0, 0.05) is 13.2 Å². The topological polar surface area (TPSA) is 44.5 Å². The highest BCUT2D eigenvalue weighted by Gasteiger charge is 2.36. The molecule has 0 aromatic heterocycles. The van der Waals surface area contributed by atoms with Gasteiger partial charge in [-0.2, -0.15) is 0 Å². The summed E-state index contributed by atoms with van der Waals surface area (Å²) in [7, 11) is -1.99. The second-order valence-electron chi connectivity index (χ2n) is 5.31. The fraction of sp³-hybridized carbons (Fsp3) is 1.00. The average Bonchev–Trinajstić information content (AvgIpc) is 2.43. The smallest absolute Gasteiger partial charge is 0.338 e. The normalized spacial score (nSPS) is 12.0. The molecule has 0 aromatic carbocycles. The van der Waals surface area contributed by atoms with Crippen molar-refractivity contribution >= 4 is 8.56 Å². The van der Waals surface area contributed by atoms with Gasteiger partial charge >= 0.3 is 8.56 Å². The molecule has 3 nitrogen and oxygen atoms in total. The molecule has 0 saturated heterocycles. The zero-order chi connectivity index (χ0) is 14.4. The summed E-state index contributed by atoms with van der Waals surface area (Å²) < 4.78 is 12.6. The highest BCUT2D eigenvalue weighted by Crippen LogP contribution is 2.24. The van der Waals surface area contributed by atoms with Crippen molar-refractivity contribution in [2.24, 2.45) is 5.73 Å². The molecule has 0 aliphatic carbocycles. The van der Waals surface area contributed by atoms with E-state index < -0.39 is 8.56 Å². The van der Waals surface area contributed by atoms with Gasteiger partial charge in [0.25, 0.3) is 0 Å². The van der Waals surface area contributed by atoms with Crippen LogP contribution in [0.2, 0.25) is 12.1 Å². The summed E-state index contributed by atoms with van der Waals surface area (Å²) in [5.41, 5.74) is 5.69. The minimum Gasteiger partial charge on any atom is -0.394 e. The van der Waals surface area contributed by atoms with Gasteiger partial charge in [-0.25, -0.2) is 0 Å². The molecule has 0 spiro atoms. The Bertz CT molecular complexity index is 171. The maximum Gasteiger partial charge on any atom is 0.338 e. The van der Waals surface area contributed by atoms with E-state index in [1.807, 2.05) is 0 Å². The lowest BCUT2D eigenvalue weighted by Crippen LogP contribution is -2.43. The third-order valence-corrected chi connectivity index (χ3v) is 7.09. The lowest BCUT2D eigenvalue weighted by molar-refractivity contribution is 0.161. The van der Waals surface area contributed by atoms with E-state index in [1.165, 1.54) is 25.7 Å². The van der Waals surface area contributed by atoms with Gasteiger partial charge in [-0.1, -0.05) is 46.5 Å². The first-order valence-electron chi connectivity index (χ1n) is 8.22. The van der Waals surface area contributed by atoms with Crippen LogP contribution in [0.1, 0.15) is 65.7 Å². The quantitative estimate of drug-likeness (QED) is 0.385. The van der Waals surface area contributed by atoms with Gasteiger partial charge in [-0.3, -0.25) is 0 Å². The third kappa shape index (κ3) is 9.60. The van der Waals surface area contributed by atoms with Crippen LogP contribution in [0.3, 0.4) is 0 Å². The van der Waals surface area contributed by atoms with Gasteiger partial charge in [0.05, 0.1) is 0 Å². The number of rotatable bonds is 14. The molecule has 0 amide bonds. The molecule has 0 heterocycles. The summed E-state index contributed by atoms with van der Waals surface area (Å²) in [6, 6.07) is 2.20. The number of hydrogen-bond acceptors (Lipinski definition) is 3. The van der Waals surface area contributed by atoms with Gasteiger partial charge in [-0.15, -0.1) is 0 Å². The van der Waals surface area contributed by atoms with E-state index in [4.69, 9.17) is 14.6 Å². The summed E-state index contributed by atoms with van der Waals surface area (Å²) in [6.45, 7) is 9.12. The molecule has 0 rings (SSSR count). The van der Waals surface area contributed by atoms with Crippen molar-refractivity contribution in [2.75, 3.05) is 19.8 Å². The van der Waals surface area contributed by atoms with E-state index in [0.717, 1.165) is 51.1 Å². The van der Waals surface area contributed by atoms with Crippen LogP contribution in [0.25, 0.3) is 0 Å². The largest absolute Gasteiger partial charge is 0.394 e. The monoisotopic (exact) mass is 289 g/mol. The van der Waals surface area contributed by atoms with Gasteiger partial charge in [-0.05, 0) is 37.9 Å². The molecule has 4 heteroatoms. The molecule has 0 bridgehead atoms. The maximum absolute atomic E-state index is 6.28. The lowest BCUT2D eigenvalue weighted by Gasteiger charge is -2.31. The molecule has 0 saturated carbocycles. The molecular weight excluding hydrogens is 254 g/mol. The highest BCUT2D eigenvalue weighted by atomic mass is 28.4. The molecule has 116 valence electrons. The van der Waals surface area contributed by atoms with E-state index in [9.17, 15) is 0 Å². The average molecular weight is 290 g/mol. The molecule has 0 aromatic rings. The summed E-state index contributed by atoms with van der Waals surface area (Å²) in [5, 5.41) is 0. The molecule has 0 radical (unpaired) electrons. The fourth-order valence-electron chi connectivity index (χ4n) is 2.08. The maximum atomic E-state index is 6.28. The predicted molar refractivity (Wildman–Crippen MR) is 85.7 cm³/mol. The zero-order valence-electron chi connectivity index (χ0n) is 13.4. The van der Waals surface area contributed by atoms with E-state index in [0.29, 0.717) is 0 Å². The van der Waals surface area contributed by atoms with E-state index in [1.54, 1.807) is 0 Å². The predicted octanol–water partition coefficient (Wildman–Crippen LogP) is 4.21. The standard InChI is InChI=1S/C15H35NO2Si/c1-4-7-12-17-19(14-9-6-3,15-10-11-16)18-13-8-5-2/h4-16H2,1-3H3. The molecular formula is C15H35NO2Si. The Morgan fingerprint density at radius 2 is 1.21 bits per heavy atom. The van der Waals surface area contributed by atoms with Crippen molar-refractivity contribution in [1.82, 2.24) is 0 Å². The molecule has 0 atom stereocenters. The van der Waals surface area contributed by atoms with Gasteiger partial charge in [0.2, 0.25) is 0 Å². The van der Waals surface area contributed by atoms with E-state index >= 15 is 0 Å². The highest BCUT2D eigenvalue weighted by molar-refractivity contribution is 6.67. The first kappa shape index (κ1) is 19.1. The van der Waals surface area contributed by atoms with E-state index in [-0.39, 0.29) is 0 Å². The summed E-state index contributed by atoms with van der Waals surface area (Å²) in [4.78, 5) is 0. The van der Waals surface area contributed by atoms with Crippen LogP contribution in [-0.4, -0.2) is 28.3 Å². The van der Waals surface area contributed by atoms with Crippen molar-refractivity contribution < 1.29 is 8.85 Å². The van der Waals surface area contributed by atoms with Crippen molar-refractivity contribution in [3.8, 4) is 0 Å². The molecule has 0 fully saturated rings. The van der Waals surface area contributed by atoms with Crippen LogP contribution < -0.4 is 5.73 Å². The molecule has 0 aliphatic rings.